The first-order chi connectivity index (χ1) is 9.06. The van der Waals surface area contributed by atoms with Gasteiger partial charge in [-0.15, -0.1) is 0 Å². The molecule has 0 aromatic carbocycles. The van der Waals surface area contributed by atoms with Gasteiger partial charge in [-0.25, -0.2) is 9.48 Å². The van der Waals surface area contributed by atoms with Crippen molar-refractivity contribution in [2.24, 2.45) is 13.0 Å². The van der Waals surface area contributed by atoms with E-state index in [9.17, 15) is 9.59 Å². The standard InChI is InChI=1S/C12H19N5O2/c1-14-4-3-9-5-16(6-10(9)14)11(18)7-17-12(19)15(2)8-13-17/h8-10H,3-7H2,1-2H3/t9-,10+/m1/s1. The number of amides is 1. The number of carbonyl (C=O) groups is 1. The molecule has 7 nitrogen and oxygen atoms in total. The molecule has 3 heterocycles. The summed E-state index contributed by atoms with van der Waals surface area (Å²) < 4.78 is 2.60. The Morgan fingerprint density at radius 2 is 2.21 bits per heavy atom. The maximum Gasteiger partial charge on any atom is 0.345 e. The van der Waals surface area contributed by atoms with Crippen LogP contribution in [0.25, 0.3) is 0 Å². The molecule has 104 valence electrons. The van der Waals surface area contributed by atoms with E-state index in [0.717, 1.165) is 26.1 Å². The average Bonchev–Trinajstić information content (AvgIpc) is 3.03. The van der Waals surface area contributed by atoms with E-state index in [-0.39, 0.29) is 18.1 Å². The zero-order chi connectivity index (χ0) is 13.6. The Morgan fingerprint density at radius 3 is 2.84 bits per heavy atom. The number of likely N-dealkylation sites (tertiary alicyclic amines) is 2. The van der Waals surface area contributed by atoms with E-state index in [0.29, 0.717) is 12.0 Å². The van der Waals surface area contributed by atoms with Crippen molar-refractivity contribution in [2.75, 3.05) is 26.7 Å². The highest BCUT2D eigenvalue weighted by Crippen LogP contribution is 2.30. The summed E-state index contributed by atoms with van der Waals surface area (Å²) >= 11 is 0. The van der Waals surface area contributed by atoms with Crippen LogP contribution in [0.5, 0.6) is 0 Å². The highest BCUT2D eigenvalue weighted by atomic mass is 16.2. The van der Waals surface area contributed by atoms with Crippen LogP contribution in [0.1, 0.15) is 6.42 Å². The summed E-state index contributed by atoms with van der Waals surface area (Å²) in [6.07, 6.45) is 2.59. The number of hydrogen-bond donors (Lipinski definition) is 0. The molecular weight excluding hydrogens is 246 g/mol. The quantitative estimate of drug-likeness (QED) is 0.670. The van der Waals surface area contributed by atoms with Crippen molar-refractivity contribution < 1.29 is 4.79 Å². The van der Waals surface area contributed by atoms with Gasteiger partial charge in [0.15, 0.2) is 0 Å². The maximum atomic E-state index is 12.2. The van der Waals surface area contributed by atoms with Gasteiger partial charge in [-0.2, -0.15) is 5.10 Å². The minimum Gasteiger partial charge on any atom is -0.339 e. The van der Waals surface area contributed by atoms with Gasteiger partial charge >= 0.3 is 5.69 Å². The van der Waals surface area contributed by atoms with Crippen molar-refractivity contribution in [1.29, 1.82) is 0 Å². The van der Waals surface area contributed by atoms with E-state index in [4.69, 9.17) is 0 Å². The minimum atomic E-state index is -0.246. The van der Waals surface area contributed by atoms with Gasteiger partial charge in [0.1, 0.15) is 12.9 Å². The van der Waals surface area contributed by atoms with E-state index in [2.05, 4.69) is 17.0 Å². The fourth-order valence-corrected chi connectivity index (χ4v) is 3.13. The van der Waals surface area contributed by atoms with Gasteiger partial charge in [-0.3, -0.25) is 9.36 Å². The molecule has 1 aromatic heterocycles. The van der Waals surface area contributed by atoms with Crippen LogP contribution in [-0.2, 0) is 18.4 Å². The van der Waals surface area contributed by atoms with E-state index >= 15 is 0 Å². The zero-order valence-corrected chi connectivity index (χ0v) is 11.3. The van der Waals surface area contributed by atoms with Crippen molar-refractivity contribution in [3.05, 3.63) is 16.8 Å². The van der Waals surface area contributed by atoms with Gasteiger partial charge in [-0.05, 0) is 25.9 Å². The fraction of sp³-hybridized carbons (Fsp3) is 0.750. The summed E-state index contributed by atoms with van der Waals surface area (Å²) in [6, 6.07) is 0.490. The van der Waals surface area contributed by atoms with Crippen LogP contribution in [0.15, 0.2) is 11.1 Å². The molecule has 1 amide bonds. The van der Waals surface area contributed by atoms with Crippen molar-refractivity contribution in [3.63, 3.8) is 0 Å². The van der Waals surface area contributed by atoms with Crippen molar-refractivity contribution in [1.82, 2.24) is 24.1 Å². The lowest BCUT2D eigenvalue weighted by Gasteiger charge is -2.20. The molecule has 2 atom stereocenters. The van der Waals surface area contributed by atoms with E-state index in [1.807, 2.05) is 4.90 Å². The Kier molecular flexibility index (Phi) is 2.93. The van der Waals surface area contributed by atoms with E-state index in [1.165, 1.54) is 15.6 Å². The lowest BCUT2D eigenvalue weighted by atomic mass is 10.1. The predicted molar refractivity (Wildman–Crippen MR) is 68.6 cm³/mol. The Bertz CT molecular complexity index is 549. The molecule has 3 rings (SSSR count). The summed E-state index contributed by atoms with van der Waals surface area (Å²) in [7, 11) is 3.74. The largest absolute Gasteiger partial charge is 0.345 e. The number of aryl methyl sites for hydroxylation is 1. The summed E-state index contributed by atoms with van der Waals surface area (Å²) in [5.74, 6) is 0.581. The molecule has 0 spiro atoms. The zero-order valence-electron chi connectivity index (χ0n) is 11.3. The highest BCUT2D eigenvalue weighted by Gasteiger charge is 2.41. The molecule has 2 aliphatic rings. The van der Waals surface area contributed by atoms with E-state index < -0.39 is 0 Å². The van der Waals surface area contributed by atoms with Crippen LogP contribution in [0.4, 0.5) is 0 Å². The van der Waals surface area contributed by atoms with Gasteiger partial charge in [-0.1, -0.05) is 0 Å². The molecule has 2 aliphatic heterocycles. The number of nitrogens with zero attached hydrogens (tertiary/aromatic N) is 5. The van der Waals surface area contributed by atoms with Crippen molar-refractivity contribution in [3.8, 4) is 0 Å². The number of rotatable bonds is 2. The topological polar surface area (TPSA) is 63.4 Å². The summed E-state index contributed by atoms with van der Waals surface area (Å²) in [4.78, 5) is 28.1. The van der Waals surface area contributed by atoms with Crippen molar-refractivity contribution in [2.45, 2.75) is 19.0 Å². The molecule has 0 bridgehead atoms. The van der Waals surface area contributed by atoms with Crippen LogP contribution in [0.2, 0.25) is 0 Å². The first-order valence-electron chi connectivity index (χ1n) is 6.62. The van der Waals surface area contributed by atoms with Gasteiger partial charge < -0.3 is 9.80 Å². The maximum absolute atomic E-state index is 12.2. The lowest BCUT2D eigenvalue weighted by Crippen LogP contribution is -2.38. The molecule has 2 saturated heterocycles. The van der Waals surface area contributed by atoms with Crippen molar-refractivity contribution >= 4 is 5.91 Å². The number of aromatic nitrogens is 3. The van der Waals surface area contributed by atoms with Crippen LogP contribution in [0.3, 0.4) is 0 Å². The monoisotopic (exact) mass is 265 g/mol. The van der Waals surface area contributed by atoms with Crippen LogP contribution < -0.4 is 5.69 Å². The number of hydrogen-bond acceptors (Lipinski definition) is 4. The Balaban J connectivity index is 1.66. The van der Waals surface area contributed by atoms with Gasteiger partial charge in [0.05, 0.1) is 0 Å². The first kappa shape index (κ1) is 12.4. The third-order valence-corrected chi connectivity index (χ3v) is 4.35. The van der Waals surface area contributed by atoms with Crippen LogP contribution in [0, 0.1) is 5.92 Å². The van der Waals surface area contributed by atoms with Crippen LogP contribution >= 0.6 is 0 Å². The average molecular weight is 265 g/mol. The Labute approximate surface area is 111 Å². The molecular formula is C12H19N5O2. The molecule has 7 heteroatoms. The Hall–Kier alpha value is -1.63. The SMILES string of the molecule is CN1CC[C@@H]2CN(C(=O)Cn3ncn(C)c3=O)C[C@@H]21. The van der Waals surface area contributed by atoms with Crippen LogP contribution in [-0.4, -0.2) is 62.8 Å². The molecule has 2 fully saturated rings. The molecule has 1 aromatic rings. The molecule has 0 radical (unpaired) electrons. The Morgan fingerprint density at radius 1 is 1.42 bits per heavy atom. The number of carbonyl (C=O) groups excluding carboxylic acids is 1. The predicted octanol–water partition coefficient (Wildman–Crippen LogP) is -1.26. The molecule has 0 unspecified atom stereocenters. The fourth-order valence-electron chi connectivity index (χ4n) is 3.13. The molecule has 0 N–H and O–H groups in total. The number of fused-ring (bicyclic) bond motifs is 1. The molecule has 0 aliphatic carbocycles. The normalized spacial score (nSPS) is 26.9. The second kappa shape index (κ2) is 4.48. The van der Waals surface area contributed by atoms with Gasteiger partial charge in [0, 0.05) is 26.2 Å². The first-order valence-corrected chi connectivity index (χ1v) is 6.62. The van der Waals surface area contributed by atoms with Gasteiger partial charge in [0.2, 0.25) is 5.91 Å². The third-order valence-electron chi connectivity index (χ3n) is 4.35. The summed E-state index contributed by atoms with van der Waals surface area (Å²) in [5.41, 5.74) is -0.246. The second-order valence-electron chi connectivity index (χ2n) is 5.58. The summed E-state index contributed by atoms with van der Waals surface area (Å²) in [5, 5.41) is 3.92. The van der Waals surface area contributed by atoms with E-state index in [1.54, 1.807) is 7.05 Å². The van der Waals surface area contributed by atoms with Gasteiger partial charge in [0.25, 0.3) is 0 Å². The highest BCUT2D eigenvalue weighted by molar-refractivity contribution is 5.76. The smallest absolute Gasteiger partial charge is 0.339 e. The minimum absolute atomic E-state index is 0.0106. The molecule has 0 saturated carbocycles. The number of likely N-dealkylation sites (N-methyl/N-ethyl adjacent to an activating group) is 1. The summed E-state index contributed by atoms with van der Waals surface area (Å²) in [6.45, 7) is 2.76. The third kappa shape index (κ3) is 2.07. The lowest BCUT2D eigenvalue weighted by molar-refractivity contribution is -0.131. The molecule has 19 heavy (non-hydrogen) atoms. The second-order valence-corrected chi connectivity index (χ2v) is 5.58.